The molecule has 9 heteroatoms. The molecule has 2 heterocycles. The van der Waals surface area contributed by atoms with Gasteiger partial charge in [-0.1, -0.05) is 30.4 Å². The smallest absolute Gasteiger partial charge is 0.260 e. The van der Waals surface area contributed by atoms with E-state index >= 15 is 0 Å². The monoisotopic (exact) mass is 366 g/mol. The molecule has 0 amide bonds. The number of sulfonamides is 1. The second-order valence-electron chi connectivity index (χ2n) is 5.22. The molecule has 24 heavy (non-hydrogen) atoms. The van der Waals surface area contributed by atoms with Crippen molar-refractivity contribution in [1.82, 2.24) is 19.3 Å². The second kappa shape index (κ2) is 6.50. The van der Waals surface area contributed by atoms with Crippen LogP contribution in [-0.4, -0.2) is 30.1 Å². The van der Waals surface area contributed by atoms with Crippen LogP contribution in [0.5, 0.6) is 5.75 Å². The first kappa shape index (κ1) is 16.9. The van der Waals surface area contributed by atoms with E-state index in [1.807, 2.05) is 25.1 Å². The molecule has 0 spiro atoms. The Morgan fingerprint density at radius 1 is 1.38 bits per heavy atom. The van der Waals surface area contributed by atoms with Gasteiger partial charge in [-0.05, 0) is 31.0 Å². The predicted molar refractivity (Wildman–Crippen MR) is 92.0 cm³/mol. The van der Waals surface area contributed by atoms with Crippen molar-refractivity contribution in [3.05, 3.63) is 40.5 Å². The van der Waals surface area contributed by atoms with Gasteiger partial charge in [0.05, 0.1) is 12.8 Å². The summed E-state index contributed by atoms with van der Waals surface area (Å²) in [6.07, 6.45) is 0.740. The van der Waals surface area contributed by atoms with Gasteiger partial charge >= 0.3 is 0 Å². The molecule has 0 radical (unpaired) electrons. The van der Waals surface area contributed by atoms with Gasteiger partial charge in [-0.25, -0.2) is 18.1 Å². The van der Waals surface area contributed by atoms with E-state index in [4.69, 9.17) is 4.74 Å². The first-order chi connectivity index (χ1) is 11.4. The van der Waals surface area contributed by atoms with Gasteiger partial charge in [-0.2, -0.15) is 9.61 Å². The highest BCUT2D eigenvalue weighted by molar-refractivity contribution is 7.89. The zero-order chi connectivity index (χ0) is 17.3. The van der Waals surface area contributed by atoms with Gasteiger partial charge in [0.1, 0.15) is 10.8 Å². The average molecular weight is 366 g/mol. The van der Waals surface area contributed by atoms with Crippen LogP contribution in [0.3, 0.4) is 0 Å². The van der Waals surface area contributed by atoms with Crippen molar-refractivity contribution in [2.75, 3.05) is 7.11 Å². The lowest BCUT2D eigenvalue weighted by Crippen LogP contribution is -2.25. The average Bonchev–Trinajstić information content (AvgIpc) is 3.09. The van der Waals surface area contributed by atoms with Crippen molar-refractivity contribution in [3.8, 4) is 5.75 Å². The Labute approximate surface area is 144 Å². The molecule has 0 aliphatic carbocycles. The predicted octanol–water partition coefficient (Wildman–Crippen LogP) is 2.15. The second-order valence-corrected chi connectivity index (χ2v) is 7.94. The highest BCUT2D eigenvalue weighted by Gasteiger charge is 2.25. The Kier molecular flexibility index (Phi) is 4.57. The fraction of sp³-hybridized carbons (Fsp3) is 0.333. The van der Waals surface area contributed by atoms with E-state index in [0.717, 1.165) is 17.0 Å². The van der Waals surface area contributed by atoms with Gasteiger partial charge in [-0.15, -0.1) is 0 Å². The minimum Gasteiger partial charge on any atom is -0.497 e. The van der Waals surface area contributed by atoms with Gasteiger partial charge in [0.15, 0.2) is 5.03 Å². The summed E-state index contributed by atoms with van der Waals surface area (Å²) in [6, 6.07) is 7.25. The van der Waals surface area contributed by atoms with E-state index in [-0.39, 0.29) is 11.6 Å². The van der Waals surface area contributed by atoms with Crippen LogP contribution in [0, 0.1) is 6.92 Å². The highest BCUT2D eigenvalue weighted by atomic mass is 32.2. The summed E-state index contributed by atoms with van der Waals surface area (Å²) in [5, 5.41) is 5.28. The van der Waals surface area contributed by atoms with Gasteiger partial charge < -0.3 is 4.74 Å². The molecular weight excluding hydrogens is 348 g/mol. The van der Waals surface area contributed by atoms with Crippen LogP contribution in [0.2, 0.25) is 0 Å². The minimum atomic E-state index is -3.73. The van der Waals surface area contributed by atoms with Gasteiger partial charge in [0.2, 0.25) is 4.96 Å². The number of hydrogen-bond acceptors (Lipinski definition) is 6. The quantitative estimate of drug-likeness (QED) is 0.722. The maximum Gasteiger partial charge on any atom is 0.260 e. The van der Waals surface area contributed by atoms with Crippen LogP contribution < -0.4 is 9.46 Å². The van der Waals surface area contributed by atoms with Gasteiger partial charge in [0, 0.05) is 6.54 Å². The van der Waals surface area contributed by atoms with Gasteiger partial charge in [0.25, 0.3) is 10.0 Å². The lowest BCUT2D eigenvalue weighted by atomic mass is 10.2. The van der Waals surface area contributed by atoms with Crippen molar-refractivity contribution in [1.29, 1.82) is 0 Å². The fourth-order valence-electron chi connectivity index (χ4n) is 2.35. The topological polar surface area (TPSA) is 85.6 Å². The SMILES string of the molecule is CCc1nn2c(S(=O)(=O)NCc3cccc(OC)c3)c(C)nc2s1. The summed E-state index contributed by atoms with van der Waals surface area (Å²) >= 11 is 1.40. The Balaban J connectivity index is 1.90. The van der Waals surface area contributed by atoms with Crippen molar-refractivity contribution in [2.24, 2.45) is 0 Å². The summed E-state index contributed by atoms with van der Waals surface area (Å²) < 4.78 is 34.6. The number of hydrogen-bond donors (Lipinski definition) is 1. The number of methoxy groups -OCH3 is 1. The summed E-state index contributed by atoms with van der Waals surface area (Å²) in [4.78, 5) is 4.90. The van der Waals surface area contributed by atoms with Crippen LogP contribution in [0.25, 0.3) is 4.96 Å². The van der Waals surface area contributed by atoms with Crippen LogP contribution >= 0.6 is 11.3 Å². The summed E-state index contributed by atoms with van der Waals surface area (Å²) in [5.74, 6) is 0.682. The van der Waals surface area contributed by atoms with E-state index in [9.17, 15) is 8.42 Å². The summed E-state index contributed by atoms with van der Waals surface area (Å²) in [7, 11) is -2.16. The number of nitrogens with zero attached hydrogens (tertiary/aromatic N) is 3. The molecule has 3 aromatic rings. The van der Waals surface area contributed by atoms with Crippen molar-refractivity contribution in [3.63, 3.8) is 0 Å². The molecule has 0 aliphatic rings. The summed E-state index contributed by atoms with van der Waals surface area (Å²) in [6.45, 7) is 3.81. The lowest BCUT2D eigenvalue weighted by molar-refractivity contribution is 0.414. The molecule has 0 bridgehead atoms. The van der Waals surface area contributed by atoms with E-state index in [2.05, 4.69) is 14.8 Å². The van der Waals surface area contributed by atoms with Crippen LogP contribution in [-0.2, 0) is 23.0 Å². The maximum absolute atomic E-state index is 12.7. The third-order valence-electron chi connectivity index (χ3n) is 3.52. The molecule has 0 aliphatic heterocycles. The van der Waals surface area contributed by atoms with Crippen molar-refractivity contribution in [2.45, 2.75) is 31.8 Å². The summed E-state index contributed by atoms with van der Waals surface area (Å²) in [5.41, 5.74) is 1.25. The zero-order valence-electron chi connectivity index (χ0n) is 13.6. The minimum absolute atomic E-state index is 0.0938. The molecular formula is C15H18N4O3S2. The Bertz CT molecular complexity index is 976. The first-order valence-electron chi connectivity index (χ1n) is 7.42. The maximum atomic E-state index is 12.7. The fourth-order valence-corrected chi connectivity index (χ4v) is 4.57. The molecule has 2 aromatic heterocycles. The van der Waals surface area contributed by atoms with Crippen molar-refractivity contribution >= 4 is 26.3 Å². The number of benzene rings is 1. The third kappa shape index (κ3) is 3.14. The van der Waals surface area contributed by atoms with E-state index in [1.54, 1.807) is 20.1 Å². The molecule has 0 unspecified atom stereocenters. The molecule has 0 fully saturated rings. The zero-order valence-corrected chi connectivity index (χ0v) is 15.2. The molecule has 1 aromatic carbocycles. The number of ether oxygens (including phenoxy) is 1. The van der Waals surface area contributed by atoms with Crippen LogP contribution in [0.4, 0.5) is 0 Å². The normalized spacial score (nSPS) is 12.0. The molecule has 0 saturated heterocycles. The van der Waals surface area contributed by atoms with Gasteiger partial charge in [-0.3, -0.25) is 0 Å². The number of nitrogens with one attached hydrogen (secondary N) is 1. The lowest BCUT2D eigenvalue weighted by Gasteiger charge is -2.07. The van der Waals surface area contributed by atoms with E-state index < -0.39 is 10.0 Å². The Hall–Kier alpha value is -1.97. The molecule has 1 N–H and O–H groups in total. The van der Waals surface area contributed by atoms with E-state index in [0.29, 0.717) is 16.4 Å². The number of imidazole rings is 1. The van der Waals surface area contributed by atoms with Crippen LogP contribution in [0.1, 0.15) is 23.2 Å². The molecule has 0 saturated carbocycles. The largest absolute Gasteiger partial charge is 0.497 e. The number of aryl methyl sites for hydroxylation is 2. The first-order valence-corrected chi connectivity index (χ1v) is 9.72. The molecule has 7 nitrogen and oxygen atoms in total. The van der Waals surface area contributed by atoms with E-state index in [1.165, 1.54) is 15.9 Å². The number of rotatable bonds is 6. The molecule has 3 rings (SSSR count). The number of fused-ring (bicyclic) bond motifs is 1. The van der Waals surface area contributed by atoms with Crippen molar-refractivity contribution < 1.29 is 13.2 Å². The number of aromatic nitrogens is 3. The Morgan fingerprint density at radius 2 is 2.17 bits per heavy atom. The Morgan fingerprint density at radius 3 is 2.88 bits per heavy atom. The standard InChI is InChI=1S/C15H18N4O3S2/c1-4-13-18-19-14(10(2)17-15(19)23-13)24(20,21)16-9-11-6-5-7-12(8-11)22-3/h5-8,16H,4,9H2,1-3H3. The van der Waals surface area contributed by atoms with Crippen LogP contribution in [0.15, 0.2) is 29.3 Å². The molecule has 128 valence electrons. The third-order valence-corrected chi connectivity index (χ3v) is 6.08. The highest BCUT2D eigenvalue weighted by Crippen LogP contribution is 2.22. The molecule has 0 atom stereocenters.